The van der Waals surface area contributed by atoms with E-state index in [1.807, 2.05) is 48.5 Å². The summed E-state index contributed by atoms with van der Waals surface area (Å²) in [5.41, 5.74) is 1.45. The van der Waals surface area contributed by atoms with Crippen LogP contribution in [0.4, 0.5) is 0 Å². The number of benzene rings is 2. The van der Waals surface area contributed by atoms with Crippen LogP contribution in [-0.4, -0.2) is 47.9 Å². The third-order valence-electron chi connectivity index (χ3n) is 6.02. The fraction of sp³-hybridized carbons (Fsp3) is 0.280. The van der Waals surface area contributed by atoms with Crippen molar-refractivity contribution >= 4 is 22.7 Å². The lowest BCUT2D eigenvalue weighted by Gasteiger charge is -2.28. The molecule has 6 heteroatoms. The summed E-state index contributed by atoms with van der Waals surface area (Å²) < 4.78 is 5.75. The number of carbonyl (C=O) groups excluding carboxylic acids is 2. The number of aliphatic hydroxyl groups excluding tert-OH is 1. The second-order valence-corrected chi connectivity index (χ2v) is 7.76. The van der Waals surface area contributed by atoms with Crippen LogP contribution in [0.3, 0.4) is 0 Å². The summed E-state index contributed by atoms with van der Waals surface area (Å²) in [5, 5.41) is 11.6. The number of nitrogens with zero attached hydrogens (tertiary/aromatic N) is 1. The number of fused-ring (bicyclic) bond motifs is 1. The van der Waals surface area contributed by atoms with E-state index in [-0.39, 0.29) is 11.3 Å². The first-order valence-electron chi connectivity index (χ1n) is 10.7. The van der Waals surface area contributed by atoms with Gasteiger partial charge in [0.15, 0.2) is 11.5 Å². The topological polar surface area (TPSA) is 75.2 Å². The molecule has 1 aliphatic rings. The maximum absolute atomic E-state index is 13.5. The van der Waals surface area contributed by atoms with Gasteiger partial charge in [-0.2, -0.15) is 0 Å². The molecule has 31 heavy (non-hydrogen) atoms. The van der Waals surface area contributed by atoms with Gasteiger partial charge in [0.1, 0.15) is 5.58 Å². The monoisotopic (exact) mass is 419 g/mol. The summed E-state index contributed by atoms with van der Waals surface area (Å²) in [6, 6.07) is 17.7. The molecule has 160 valence electrons. The fourth-order valence-electron chi connectivity index (χ4n) is 4.21. The van der Waals surface area contributed by atoms with Crippen molar-refractivity contribution in [2.24, 2.45) is 0 Å². The van der Waals surface area contributed by atoms with Crippen molar-refractivity contribution < 1.29 is 24.0 Å². The maximum atomic E-state index is 13.5. The van der Waals surface area contributed by atoms with Crippen molar-refractivity contribution in [2.75, 3.05) is 26.2 Å². The third-order valence-corrected chi connectivity index (χ3v) is 6.02. The lowest BCUT2D eigenvalue weighted by atomic mass is 9.95. The zero-order valence-corrected chi connectivity index (χ0v) is 17.8. The Bertz CT molecular complexity index is 1100. The third kappa shape index (κ3) is 3.86. The van der Waals surface area contributed by atoms with Crippen LogP contribution in [-0.2, 0) is 4.79 Å². The summed E-state index contributed by atoms with van der Waals surface area (Å²) >= 11 is 0. The summed E-state index contributed by atoms with van der Waals surface area (Å²) in [6.45, 7) is 7.27. The van der Waals surface area contributed by atoms with Gasteiger partial charge in [-0.25, -0.2) is 0 Å². The predicted molar refractivity (Wildman–Crippen MR) is 118 cm³/mol. The molecule has 0 unspecified atom stereocenters. The number of nitrogens with one attached hydrogen (secondary N) is 1. The van der Waals surface area contributed by atoms with E-state index in [0.29, 0.717) is 12.1 Å². The Balaban J connectivity index is 1.73. The molecule has 1 atom stereocenters. The molecule has 1 aliphatic heterocycles. The summed E-state index contributed by atoms with van der Waals surface area (Å²) in [6.07, 6.45) is 0. The van der Waals surface area contributed by atoms with E-state index in [9.17, 15) is 14.7 Å². The fourth-order valence-corrected chi connectivity index (χ4v) is 4.21. The van der Waals surface area contributed by atoms with E-state index >= 15 is 0 Å². The zero-order chi connectivity index (χ0) is 22.0. The highest BCUT2D eigenvalue weighted by atomic mass is 16.3. The average Bonchev–Trinajstić information content (AvgIpc) is 3.34. The normalized spacial score (nSPS) is 16.7. The van der Waals surface area contributed by atoms with Gasteiger partial charge in [0.25, 0.3) is 5.91 Å². The van der Waals surface area contributed by atoms with Crippen LogP contribution in [0.2, 0.25) is 0 Å². The number of quaternary nitrogens is 1. The second-order valence-electron chi connectivity index (χ2n) is 7.76. The van der Waals surface area contributed by atoms with Crippen molar-refractivity contribution in [1.29, 1.82) is 0 Å². The molecule has 2 N–H and O–H groups in total. The van der Waals surface area contributed by atoms with E-state index in [4.69, 9.17) is 4.42 Å². The number of rotatable bonds is 8. The van der Waals surface area contributed by atoms with Crippen LogP contribution < -0.4 is 4.90 Å². The van der Waals surface area contributed by atoms with E-state index < -0.39 is 23.5 Å². The number of hydrogen-bond acceptors (Lipinski definition) is 4. The Morgan fingerprint density at radius 2 is 1.74 bits per heavy atom. The number of Topliss-reactive ketones (excluding diaryl/α,β-unsaturated/α-hetero) is 1. The van der Waals surface area contributed by atoms with Gasteiger partial charge in [0.2, 0.25) is 5.78 Å². The number of para-hydroxylation sites is 1. The van der Waals surface area contributed by atoms with Crippen molar-refractivity contribution in [1.82, 2.24) is 4.90 Å². The van der Waals surface area contributed by atoms with E-state index in [1.54, 1.807) is 17.0 Å². The Labute approximate surface area is 181 Å². The number of likely N-dealkylation sites (N-methyl/N-ethyl adjacent to an activating group) is 1. The van der Waals surface area contributed by atoms with Gasteiger partial charge in [-0.3, -0.25) is 9.59 Å². The molecule has 0 saturated carbocycles. The number of ketones is 1. The Morgan fingerprint density at radius 3 is 2.42 bits per heavy atom. The molecular formula is C25H27N2O4+. The molecule has 0 radical (unpaired) electrons. The predicted octanol–water partition coefficient (Wildman–Crippen LogP) is 2.94. The van der Waals surface area contributed by atoms with Crippen LogP contribution >= 0.6 is 0 Å². The summed E-state index contributed by atoms with van der Waals surface area (Å²) in [5.74, 6) is -1.35. The highest BCUT2D eigenvalue weighted by Gasteiger charge is 2.44. The van der Waals surface area contributed by atoms with Gasteiger partial charge in [0, 0.05) is 5.39 Å². The number of furan rings is 1. The van der Waals surface area contributed by atoms with Gasteiger partial charge in [-0.05, 0) is 31.5 Å². The summed E-state index contributed by atoms with van der Waals surface area (Å²) in [7, 11) is 0. The second kappa shape index (κ2) is 8.78. The van der Waals surface area contributed by atoms with E-state index in [0.717, 1.165) is 30.6 Å². The van der Waals surface area contributed by atoms with Crippen LogP contribution in [0.1, 0.15) is 36.0 Å². The van der Waals surface area contributed by atoms with Crippen molar-refractivity contribution in [3.8, 4) is 0 Å². The molecule has 2 aromatic carbocycles. The smallest absolute Gasteiger partial charge is 0.290 e. The Morgan fingerprint density at radius 1 is 1.06 bits per heavy atom. The first-order valence-corrected chi connectivity index (χ1v) is 10.7. The molecule has 0 aliphatic carbocycles. The van der Waals surface area contributed by atoms with Crippen LogP contribution in [0.15, 0.2) is 76.4 Å². The SMILES string of the molecule is CC[NH+](CC)CCN1C(=O)C(O)=C(C(=O)c2cc3ccccc3o2)[C@@H]1c1ccccc1. The molecule has 3 aromatic rings. The van der Waals surface area contributed by atoms with Crippen LogP contribution in [0.5, 0.6) is 0 Å². The van der Waals surface area contributed by atoms with Crippen LogP contribution in [0.25, 0.3) is 11.0 Å². The number of carbonyl (C=O) groups is 2. The lowest BCUT2D eigenvalue weighted by molar-refractivity contribution is -0.895. The largest absolute Gasteiger partial charge is 0.503 e. The molecule has 0 bridgehead atoms. The highest BCUT2D eigenvalue weighted by Crippen LogP contribution is 2.39. The lowest BCUT2D eigenvalue weighted by Crippen LogP contribution is -3.12. The Hall–Kier alpha value is -3.38. The molecule has 1 aromatic heterocycles. The zero-order valence-electron chi connectivity index (χ0n) is 17.8. The minimum Gasteiger partial charge on any atom is -0.503 e. The van der Waals surface area contributed by atoms with E-state index in [1.165, 1.54) is 4.90 Å². The molecule has 2 heterocycles. The van der Waals surface area contributed by atoms with E-state index in [2.05, 4.69) is 13.8 Å². The van der Waals surface area contributed by atoms with Crippen molar-refractivity contribution in [2.45, 2.75) is 19.9 Å². The van der Waals surface area contributed by atoms with Gasteiger partial charge in [-0.1, -0.05) is 48.5 Å². The van der Waals surface area contributed by atoms with Gasteiger partial charge < -0.3 is 19.3 Å². The molecule has 0 saturated heterocycles. The van der Waals surface area contributed by atoms with Crippen molar-refractivity contribution in [3.63, 3.8) is 0 Å². The van der Waals surface area contributed by atoms with Crippen molar-refractivity contribution in [3.05, 3.63) is 83.3 Å². The molecule has 6 nitrogen and oxygen atoms in total. The quantitative estimate of drug-likeness (QED) is 0.551. The standard InChI is InChI=1S/C25H26N2O4/c1-3-26(4-2)14-15-27-22(17-10-6-5-7-11-17)21(24(29)25(27)30)23(28)20-16-18-12-8-9-13-19(18)31-20/h5-13,16,22,29H,3-4,14-15H2,1-2H3/p+1/t22-/m0/s1. The molecule has 0 fully saturated rings. The van der Waals surface area contributed by atoms with Gasteiger partial charge in [0.05, 0.1) is 37.8 Å². The minimum absolute atomic E-state index is 0.0739. The number of aliphatic hydroxyl groups is 1. The molecule has 4 rings (SSSR count). The number of amides is 1. The average molecular weight is 420 g/mol. The molecule has 1 amide bonds. The first kappa shape index (κ1) is 20.9. The first-order chi connectivity index (χ1) is 15.0. The molecular weight excluding hydrogens is 392 g/mol. The van der Waals surface area contributed by atoms with Gasteiger partial charge in [-0.15, -0.1) is 0 Å². The maximum Gasteiger partial charge on any atom is 0.290 e. The van der Waals surface area contributed by atoms with Gasteiger partial charge >= 0.3 is 0 Å². The Kier molecular flexibility index (Phi) is 5.91. The van der Waals surface area contributed by atoms with Crippen LogP contribution in [0, 0.1) is 0 Å². The summed E-state index contributed by atoms with van der Waals surface area (Å²) in [4.78, 5) is 29.4. The molecule has 0 spiro atoms. The minimum atomic E-state index is -0.649. The number of hydrogen-bond donors (Lipinski definition) is 2. The highest BCUT2D eigenvalue weighted by molar-refractivity contribution is 6.16.